The first-order valence-electron chi connectivity index (χ1n) is 9.90. The molecule has 168 valence electrons. The Morgan fingerprint density at radius 3 is 2.50 bits per heavy atom. The maximum Gasteiger partial charge on any atom is 0.326 e. The van der Waals surface area contributed by atoms with E-state index in [-0.39, 0.29) is 36.7 Å². The summed E-state index contributed by atoms with van der Waals surface area (Å²) >= 11 is 0. The van der Waals surface area contributed by atoms with Crippen LogP contribution in [-0.2, 0) is 19.2 Å². The van der Waals surface area contributed by atoms with Gasteiger partial charge in [0.15, 0.2) is 5.96 Å². The number of carboxylic acids is 2. The van der Waals surface area contributed by atoms with Crippen molar-refractivity contribution in [1.29, 1.82) is 0 Å². The zero-order chi connectivity index (χ0) is 22.4. The van der Waals surface area contributed by atoms with E-state index in [0.717, 1.165) is 0 Å². The Balaban J connectivity index is 2.05. The highest BCUT2D eigenvalue weighted by Crippen LogP contribution is 2.37. The third-order valence-electron chi connectivity index (χ3n) is 5.50. The summed E-state index contributed by atoms with van der Waals surface area (Å²) in [5.41, 5.74) is 10.6. The van der Waals surface area contributed by atoms with E-state index in [1.54, 1.807) is 0 Å². The maximum atomic E-state index is 12.9. The van der Waals surface area contributed by atoms with E-state index in [2.05, 4.69) is 10.3 Å². The minimum Gasteiger partial charge on any atom is -0.481 e. The van der Waals surface area contributed by atoms with Crippen molar-refractivity contribution in [3.8, 4) is 0 Å². The van der Waals surface area contributed by atoms with Gasteiger partial charge in [0.1, 0.15) is 12.1 Å². The molecule has 0 radical (unpaired) electrons. The number of carboxylic acid groups (broad SMARTS) is 2. The van der Waals surface area contributed by atoms with Crippen LogP contribution in [0.5, 0.6) is 0 Å². The Morgan fingerprint density at radius 1 is 1.20 bits per heavy atom. The Bertz CT molecular complexity index is 709. The molecule has 0 aliphatic carbocycles. The fourth-order valence-corrected chi connectivity index (χ4v) is 4.15. The standard InChI is InChI=1S/C18H29N5O7/c19-18(20)21-5-1-2-9-6-10-7-11(24)8-13(23(10)16(9)28)15(27)22-12(17(29)30)3-4-14(25)26/h9-13,24H,1-8H2,(H,22,27)(H,25,26)(H,29,30)(H4,19,20,21)/t9?,10?,11?,12-,13?/m0/s1. The number of nitrogens with zero attached hydrogens (tertiary/aromatic N) is 2. The van der Waals surface area contributed by atoms with Crippen LogP contribution < -0.4 is 16.8 Å². The fourth-order valence-electron chi connectivity index (χ4n) is 4.15. The molecule has 2 rings (SSSR count). The Kier molecular flexibility index (Phi) is 7.98. The molecule has 2 aliphatic rings. The minimum absolute atomic E-state index is 0.0000629. The van der Waals surface area contributed by atoms with Gasteiger partial charge < -0.3 is 37.0 Å². The van der Waals surface area contributed by atoms with E-state index in [0.29, 0.717) is 32.2 Å². The molecular formula is C18H29N5O7. The van der Waals surface area contributed by atoms with Gasteiger partial charge in [0, 0.05) is 31.3 Å². The lowest BCUT2D eigenvalue weighted by molar-refractivity contribution is -0.148. The number of guanidine groups is 1. The molecule has 2 heterocycles. The number of aliphatic hydroxyl groups excluding tert-OH is 1. The molecule has 0 spiro atoms. The van der Waals surface area contributed by atoms with Gasteiger partial charge in [0.2, 0.25) is 11.8 Å². The van der Waals surface area contributed by atoms with Crippen molar-refractivity contribution in [2.24, 2.45) is 22.4 Å². The summed E-state index contributed by atoms with van der Waals surface area (Å²) in [5.74, 6) is -3.81. The molecule has 0 saturated carbocycles. The number of aliphatic hydroxyl groups is 1. The van der Waals surface area contributed by atoms with Gasteiger partial charge in [-0.15, -0.1) is 0 Å². The molecule has 0 bridgehead atoms. The van der Waals surface area contributed by atoms with Gasteiger partial charge in [-0.05, 0) is 32.1 Å². The second-order valence-electron chi connectivity index (χ2n) is 7.75. The largest absolute Gasteiger partial charge is 0.481 e. The van der Waals surface area contributed by atoms with Gasteiger partial charge in [-0.1, -0.05) is 0 Å². The molecule has 0 aromatic rings. The maximum absolute atomic E-state index is 12.9. The molecule has 4 unspecified atom stereocenters. The number of aliphatic carboxylic acids is 2. The lowest BCUT2D eigenvalue weighted by atomic mass is 9.92. The monoisotopic (exact) mass is 427 g/mol. The predicted octanol–water partition coefficient (Wildman–Crippen LogP) is -1.79. The van der Waals surface area contributed by atoms with E-state index in [1.165, 1.54) is 4.90 Å². The van der Waals surface area contributed by atoms with Gasteiger partial charge in [-0.2, -0.15) is 0 Å². The molecule has 2 fully saturated rings. The zero-order valence-electron chi connectivity index (χ0n) is 16.6. The van der Waals surface area contributed by atoms with E-state index >= 15 is 0 Å². The summed E-state index contributed by atoms with van der Waals surface area (Å²) in [7, 11) is 0. The number of rotatable bonds is 10. The van der Waals surface area contributed by atoms with Crippen LogP contribution in [0.4, 0.5) is 0 Å². The van der Waals surface area contributed by atoms with Crippen molar-refractivity contribution >= 4 is 29.7 Å². The number of carbonyl (C=O) groups is 4. The smallest absolute Gasteiger partial charge is 0.326 e. The first-order valence-corrected chi connectivity index (χ1v) is 9.90. The number of aliphatic imine (C=N–C) groups is 1. The number of nitrogens with two attached hydrogens (primary N) is 2. The molecular weight excluding hydrogens is 398 g/mol. The Hall–Kier alpha value is -2.89. The average molecular weight is 427 g/mol. The zero-order valence-corrected chi connectivity index (χ0v) is 16.6. The van der Waals surface area contributed by atoms with E-state index in [9.17, 15) is 29.4 Å². The van der Waals surface area contributed by atoms with Crippen LogP contribution in [0.3, 0.4) is 0 Å². The van der Waals surface area contributed by atoms with E-state index in [4.69, 9.17) is 16.6 Å². The molecule has 0 aromatic carbocycles. The summed E-state index contributed by atoms with van der Waals surface area (Å²) in [4.78, 5) is 53.1. The number of hydrogen-bond acceptors (Lipinski definition) is 6. The van der Waals surface area contributed by atoms with E-state index in [1.807, 2.05) is 0 Å². The number of amides is 2. The SMILES string of the molecule is NC(N)=NCCCC1CC2CC(O)CC(C(=O)N[C@@H](CCC(=O)O)C(=O)O)N2C1=O. The van der Waals surface area contributed by atoms with Crippen LogP contribution in [0.15, 0.2) is 4.99 Å². The first-order chi connectivity index (χ1) is 14.1. The third-order valence-corrected chi connectivity index (χ3v) is 5.50. The summed E-state index contributed by atoms with van der Waals surface area (Å²) in [6, 6.07) is -2.70. The summed E-state index contributed by atoms with van der Waals surface area (Å²) < 4.78 is 0. The Morgan fingerprint density at radius 2 is 1.90 bits per heavy atom. The van der Waals surface area contributed by atoms with Gasteiger partial charge in [0.25, 0.3) is 0 Å². The highest BCUT2D eigenvalue weighted by Gasteiger charge is 2.49. The molecule has 30 heavy (non-hydrogen) atoms. The first kappa shape index (κ1) is 23.4. The quantitative estimate of drug-likeness (QED) is 0.132. The van der Waals surface area contributed by atoms with Crippen molar-refractivity contribution in [2.75, 3.05) is 6.54 Å². The number of piperidine rings is 1. The van der Waals surface area contributed by atoms with Gasteiger partial charge in [-0.3, -0.25) is 19.4 Å². The van der Waals surface area contributed by atoms with Crippen LogP contribution in [0.1, 0.15) is 44.9 Å². The third kappa shape index (κ3) is 6.05. The van der Waals surface area contributed by atoms with Gasteiger partial charge in [-0.25, -0.2) is 4.79 Å². The summed E-state index contributed by atoms with van der Waals surface area (Å²) in [5, 5.41) is 30.5. The minimum atomic E-state index is -1.39. The normalized spacial score (nSPS) is 26.6. The molecule has 5 atom stereocenters. The number of carbonyl (C=O) groups excluding carboxylic acids is 2. The number of nitrogens with one attached hydrogen (secondary N) is 1. The molecule has 2 saturated heterocycles. The van der Waals surface area contributed by atoms with Gasteiger partial charge >= 0.3 is 11.9 Å². The molecule has 2 aliphatic heterocycles. The Labute approximate surface area is 173 Å². The molecule has 2 amide bonds. The van der Waals surface area contributed by atoms with Crippen LogP contribution in [-0.4, -0.2) is 80.7 Å². The van der Waals surface area contributed by atoms with Crippen molar-refractivity contribution < 1.29 is 34.5 Å². The lowest BCUT2D eigenvalue weighted by Crippen LogP contribution is -2.58. The topological polar surface area (TPSA) is 209 Å². The highest BCUT2D eigenvalue weighted by atomic mass is 16.4. The second kappa shape index (κ2) is 10.2. The number of hydrogen-bond donors (Lipinski definition) is 6. The van der Waals surface area contributed by atoms with Crippen LogP contribution >= 0.6 is 0 Å². The van der Waals surface area contributed by atoms with Crippen LogP contribution in [0.2, 0.25) is 0 Å². The van der Waals surface area contributed by atoms with Gasteiger partial charge in [0.05, 0.1) is 6.10 Å². The number of fused-ring (bicyclic) bond motifs is 1. The van der Waals surface area contributed by atoms with Crippen molar-refractivity contribution in [3.63, 3.8) is 0 Å². The predicted molar refractivity (Wildman–Crippen MR) is 104 cm³/mol. The highest BCUT2D eigenvalue weighted by molar-refractivity contribution is 5.92. The fraction of sp³-hybridized carbons (Fsp3) is 0.722. The van der Waals surface area contributed by atoms with Crippen molar-refractivity contribution in [3.05, 3.63) is 0 Å². The molecule has 12 heteroatoms. The van der Waals surface area contributed by atoms with Crippen LogP contribution in [0, 0.1) is 5.92 Å². The second-order valence-corrected chi connectivity index (χ2v) is 7.75. The average Bonchev–Trinajstić information content (AvgIpc) is 2.96. The van der Waals surface area contributed by atoms with E-state index < -0.39 is 42.5 Å². The summed E-state index contributed by atoms with van der Waals surface area (Å²) in [6.07, 6.45) is 0.458. The van der Waals surface area contributed by atoms with Crippen LogP contribution in [0.25, 0.3) is 0 Å². The molecule has 0 aromatic heterocycles. The summed E-state index contributed by atoms with van der Waals surface area (Å²) in [6.45, 7) is 0.382. The van der Waals surface area contributed by atoms with Crippen molar-refractivity contribution in [1.82, 2.24) is 10.2 Å². The van der Waals surface area contributed by atoms with Crippen molar-refractivity contribution in [2.45, 2.75) is 69.2 Å². The lowest BCUT2D eigenvalue weighted by Gasteiger charge is -2.39. The molecule has 12 nitrogen and oxygen atoms in total. The molecule has 8 N–H and O–H groups in total.